The summed E-state index contributed by atoms with van der Waals surface area (Å²) in [6, 6.07) is 3.93. The van der Waals surface area contributed by atoms with Crippen LogP contribution in [0.5, 0.6) is 5.88 Å². The van der Waals surface area contributed by atoms with Crippen molar-refractivity contribution in [2.45, 2.75) is 19.3 Å². The largest absolute Gasteiger partial charge is 0.477 e. The van der Waals surface area contributed by atoms with E-state index in [1.807, 2.05) is 6.07 Å². The molecular weight excluding hydrogens is 268 g/mol. The number of rotatable bonds is 5. The Balaban J connectivity index is 2.55. The molecule has 0 amide bonds. The minimum Gasteiger partial charge on any atom is -0.477 e. The van der Waals surface area contributed by atoms with E-state index in [0.717, 1.165) is 22.5 Å². The molecule has 0 fully saturated rings. The Morgan fingerprint density at radius 1 is 1.44 bits per heavy atom. The number of hydrogen-bond donors (Lipinski definition) is 0. The van der Waals surface area contributed by atoms with Gasteiger partial charge < -0.3 is 4.74 Å². The average Bonchev–Trinajstić information content (AvgIpc) is 2.25. The molecule has 0 unspecified atom stereocenters. The van der Waals surface area contributed by atoms with Gasteiger partial charge in [-0.2, -0.15) is 5.26 Å². The normalized spacial score (nSPS) is 9.75. The van der Waals surface area contributed by atoms with Gasteiger partial charge in [0, 0.05) is 16.1 Å². The highest BCUT2D eigenvalue weighted by molar-refractivity contribution is 9.10. The SMILES string of the molecule is C=c1cc(Br)c(=C)nc1OCCCCC#N. The average molecular weight is 281 g/mol. The Hall–Kier alpha value is -1.34. The van der Waals surface area contributed by atoms with Crippen LogP contribution in [0.3, 0.4) is 0 Å². The minimum atomic E-state index is 0.519. The smallest absolute Gasteiger partial charge is 0.220 e. The summed E-state index contributed by atoms with van der Waals surface area (Å²) >= 11 is 3.33. The molecule has 0 bridgehead atoms. The fourth-order valence-electron chi connectivity index (χ4n) is 1.15. The monoisotopic (exact) mass is 280 g/mol. The van der Waals surface area contributed by atoms with E-state index in [-0.39, 0.29) is 0 Å². The van der Waals surface area contributed by atoms with Crippen LogP contribution in [-0.4, -0.2) is 11.6 Å². The predicted octanol–water partition coefficient (Wildman–Crippen LogP) is 1.74. The molecule has 1 heterocycles. The summed E-state index contributed by atoms with van der Waals surface area (Å²) in [7, 11) is 0. The summed E-state index contributed by atoms with van der Waals surface area (Å²) in [4.78, 5) is 4.18. The third-order valence-electron chi connectivity index (χ3n) is 2.01. The molecule has 0 spiro atoms. The zero-order valence-corrected chi connectivity index (χ0v) is 10.6. The first-order valence-corrected chi connectivity index (χ1v) is 5.78. The molecule has 1 rings (SSSR count). The van der Waals surface area contributed by atoms with Crippen LogP contribution in [0, 0.1) is 11.3 Å². The molecule has 1 aromatic heterocycles. The molecule has 0 aromatic carbocycles. The molecular formula is C12H13BrN2O. The Kier molecular flexibility index (Phi) is 5.00. The van der Waals surface area contributed by atoms with E-state index in [4.69, 9.17) is 10.00 Å². The van der Waals surface area contributed by atoms with Gasteiger partial charge in [0.05, 0.1) is 18.0 Å². The zero-order valence-electron chi connectivity index (χ0n) is 9.00. The van der Waals surface area contributed by atoms with Crippen molar-refractivity contribution in [1.82, 2.24) is 4.98 Å². The van der Waals surface area contributed by atoms with E-state index < -0.39 is 0 Å². The molecule has 0 aliphatic carbocycles. The van der Waals surface area contributed by atoms with Crippen LogP contribution in [0.15, 0.2) is 10.5 Å². The molecule has 0 radical (unpaired) electrons. The van der Waals surface area contributed by atoms with Gasteiger partial charge in [-0.15, -0.1) is 0 Å². The lowest BCUT2D eigenvalue weighted by atomic mass is 10.3. The summed E-state index contributed by atoms with van der Waals surface area (Å²) in [5, 5.41) is 9.74. The standard InChI is InChI=1S/C12H13BrN2O/c1-9-8-11(13)10(2)15-12(9)16-7-5-3-4-6-14/h8H,1-5,7H2. The fraction of sp³-hybridized carbons (Fsp3) is 0.333. The first-order chi connectivity index (χ1) is 7.65. The highest BCUT2D eigenvalue weighted by atomic mass is 79.9. The number of nitriles is 1. The number of aromatic nitrogens is 1. The molecule has 4 heteroatoms. The summed E-state index contributed by atoms with van der Waals surface area (Å²) in [6.07, 6.45) is 2.25. The van der Waals surface area contributed by atoms with Crippen molar-refractivity contribution in [3.05, 3.63) is 21.1 Å². The molecule has 84 valence electrons. The van der Waals surface area contributed by atoms with Crippen molar-refractivity contribution < 1.29 is 4.74 Å². The highest BCUT2D eigenvalue weighted by Gasteiger charge is 1.99. The van der Waals surface area contributed by atoms with Crippen molar-refractivity contribution in [1.29, 1.82) is 5.26 Å². The zero-order chi connectivity index (χ0) is 12.0. The molecule has 0 N–H and O–H groups in total. The molecule has 0 aliphatic heterocycles. The second kappa shape index (κ2) is 6.29. The van der Waals surface area contributed by atoms with Crippen LogP contribution in [-0.2, 0) is 0 Å². The molecule has 0 atom stereocenters. The third kappa shape index (κ3) is 3.67. The molecule has 0 saturated heterocycles. The first-order valence-electron chi connectivity index (χ1n) is 4.99. The van der Waals surface area contributed by atoms with Gasteiger partial charge in [0.1, 0.15) is 0 Å². The van der Waals surface area contributed by atoms with Crippen molar-refractivity contribution >= 4 is 29.1 Å². The Morgan fingerprint density at radius 3 is 2.88 bits per heavy atom. The maximum absolute atomic E-state index is 8.37. The lowest BCUT2D eigenvalue weighted by Crippen LogP contribution is -2.18. The summed E-state index contributed by atoms with van der Waals surface area (Å²) in [6.45, 7) is 8.16. The van der Waals surface area contributed by atoms with Crippen molar-refractivity contribution in [2.24, 2.45) is 0 Å². The second-order valence-electron chi connectivity index (χ2n) is 3.34. The van der Waals surface area contributed by atoms with E-state index in [1.165, 1.54) is 0 Å². The maximum atomic E-state index is 8.37. The number of hydrogen-bond acceptors (Lipinski definition) is 3. The van der Waals surface area contributed by atoms with Crippen LogP contribution < -0.4 is 15.3 Å². The van der Waals surface area contributed by atoms with Gasteiger partial charge in [0.25, 0.3) is 0 Å². The molecule has 0 saturated carbocycles. The molecule has 3 nitrogen and oxygen atoms in total. The van der Waals surface area contributed by atoms with Crippen LogP contribution in [0.1, 0.15) is 19.3 Å². The van der Waals surface area contributed by atoms with Gasteiger partial charge >= 0.3 is 0 Å². The van der Waals surface area contributed by atoms with Crippen LogP contribution in [0.2, 0.25) is 0 Å². The van der Waals surface area contributed by atoms with Crippen LogP contribution in [0.4, 0.5) is 0 Å². The van der Waals surface area contributed by atoms with Gasteiger partial charge in [0.2, 0.25) is 5.88 Å². The summed E-state index contributed by atoms with van der Waals surface area (Å²) in [5.74, 6) is 0.519. The molecule has 16 heavy (non-hydrogen) atoms. The highest BCUT2D eigenvalue weighted by Crippen LogP contribution is 2.03. The van der Waals surface area contributed by atoms with Crippen molar-refractivity contribution in [2.75, 3.05) is 6.61 Å². The number of unbranched alkanes of at least 4 members (excludes halogenated alkanes) is 2. The second-order valence-corrected chi connectivity index (χ2v) is 4.20. The van der Waals surface area contributed by atoms with Crippen LogP contribution >= 0.6 is 15.9 Å². The van der Waals surface area contributed by atoms with Gasteiger partial charge in [0.15, 0.2) is 0 Å². The number of halogens is 1. The topological polar surface area (TPSA) is 45.9 Å². The lowest BCUT2D eigenvalue weighted by molar-refractivity contribution is 0.293. The summed E-state index contributed by atoms with van der Waals surface area (Å²) < 4.78 is 6.30. The van der Waals surface area contributed by atoms with E-state index in [0.29, 0.717) is 24.3 Å². The number of ether oxygens (including phenoxy) is 1. The van der Waals surface area contributed by atoms with Gasteiger partial charge in [-0.3, -0.25) is 0 Å². The van der Waals surface area contributed by atoms with Crippen LogP contribution in [0.25, 0.3) is 13.2 Å². The van der Waals surface area contributed by atoms with E-state index in [9.17, 15) is 0 Å². The van der Waals surface area contributed by atoms with Gasteiger partial charge in [-0.25, -0.2) is 4.98 Å². The van der Waals surface area contributed by atoms with Crippen molar-refractivity contribution in [3.63, 3.8) is 0 Å². The van der Waals surface area contributed by atoms with Gasteiger partial charge in [-0.1, -0.05) is 13.2 Å². The first kappa shape index (κ1) is 12.7. The number of pyridine rings is 1. The quantitative estimate of drug-likeness (QED) is 0.772. The van der Waals surface area contributed by atoms with E-state index >= 15 is 0 Å². The maximum Gasteiger partial charge on any atom is 0.220 e. The third-order valence-corrected chi connectivity index (χ3v) is 2.70. The summed E-state index contributed by atoms with van der Waals surface area (Å²) in [5.41, 5.74) is 0. The Labute approximate surface area is 103 Å². The molecule has 0 aliphatic rings. The Morgan fingerprint density at radius 2 is 2.19 bits per heavy atom. The lowest BCUT2D eigenvalue weighted by Gasteiger charge is -2.05. The minimum absolute atomic E-state index is 0.519. The predicted molar refractivity (Wildman–Crippen MR) is 67.2 cm³/mol. The van der Waals surface area contributed by atoms with Crippen molar-refractivity contribution in [3.8, 4) is 11.9 Å². The fourth-order valence-corrected chi connectivity index (χ4v) is 1.51. The number of nitrogens with zero attached hydrogens (tertiary/aromatic N) is 2. The van der Waals surface area contributed by atoms with Gasteiger partial charge in [-0.05, 0) is 34.8 Å². The molecule has 1 aromatic rings. The van der Waals surface area contributed by atoms with E-state index in [2.05, 4.69) is 40.1 Å². The Bertz CT molecular complexity index is 493. The van der Waals surface area contributed by atoms with E-state index in [1.54, 1.807) is 0 Å².